The highest BCUT2D eigenvalue weighted by molar-refractivity contribution is 6.41. The molecule has 0 fully saturated rings. The third kappa shape index (κ3) is 5.44. The van der Waals surface area contributed by atoms with Crippen LogP contribution in [-0.2, 0) is 23.2 Å². The lowest BCUT2D eigenvalue weighted by Crippen LogP contribution is -2.20. The van der Waals surface area contributed by atoms with E-state index in [0.29, 0.717) is 5.69 Å². The SMILES string of the molecule is Cn1cc(Nc2ccncc2C(=O)C(=O)OCc2ccccc2)cc(-c2cc(Cl)ccc2F)c1=O. The minimum atomic E-state index is -1.04. The van der Waals surface area contributed by atoms with E-state index in [4.69, 9.17) is 16.3 Å². The predicted molar refractivity (Wildman–Crippen MR) is 130 cm³/mol. The lowest BCUT2D eigenvalue weighted by molar-refractivity contribution is -0.139. The molecule has 2 heterocycles. The summed E-state index contributed by atoms with van der Waals surface area (Å²) in [6.45, 7) is -0.0518. The highest BCUT2D eigenvalue weighted by Crippen LogP contribution is 2.27. The molecule has 1 N–H and O–H groups in total. The van der Waals surface area contributed by atoms with Crippen LogP contribution in [0.1, 0.15) is 15.9 Å². The summed E-state index contributed by atoms with van der Waals surface area (Å²) in [6, 6.07) is 15.8. The number of anilines is 2. The van der Waals surface area contributed by atoms with Crippen molar-refractivity contribution in [3.63, 3.8) is 0 Å². The molecule has 0 aliphatic carbocycles. The van der Waals surface area contributed by atoms with Crippen molar-refractivity contribution in [3.05, 3.63) is 112 Å². The number of esters is 1. The molecule has 0 atom stereocenters. The van der Waals surface area contributed by atoms with Crippen molar-refractivity contribution >= 4 is 34.7 Å². The Balaban J connectivity index is 1.62. The van der Waals surface area contributed by atoms with Crippen LogP contribution in [0.3, 0.4) is 0 Å². The van der Waals surface area contributed by atoms with E-state index in [1.807, 2.05) is 6.07 Å². The Morgan fingerprint density at radius 1 is 1.09 bits per heavy atom. The highest BCUT2D eigenvalue weighted by Gasteiger charge is 2.22. The summed E-state index contributed by atoms with van der Waals surface area (Å²) in [5.74, 6) is -2.53. The van der Waals surface area contributed by atoms with Crippen LogP contribution in [0.15, 0.2) is 84.0 Å². The lowest BCUT2D eigenvalue weighted by Gasteiger charge is -2.14. The second kappa shape index (κ2) is 10.3. The normalized spacial score (nSPS) is 10.6. The van der Waals surface area contributed by atoms with Gasteiger partial charge in [0.05, 0.1) is 22.5 Å². The number of aromatic nitrogens is 2. The van der Waals surface area contributed by atoms with E-state index in [-0.39, 0.29) is 34.0 Å². The van der Waals surface area contributed by atoms with Crippen molar-refractivity contribution in [1.29, 1.82) is 0 Å². The number of pyridine rings is 2. The molecule has 0 amide bonds. The zero-order valence-corrected chi connectivity index (χ0v) is 19.3. The largest absolute Gasteiger partial charge is 0.455 e. The third-order valence-electron chi connectivity index (χ3n) is 5.14. The molecule has 4 aromatic rings. The molecule has 176 valence electrons. The van der Waals surface area contributed by atoms with Gasteiger partial charge in [0, 0.05) is 36.2 Å². The lowest BCUT2D eigenvalue weighted by atomic mass is 10.1. The first-order valence-corrected chi connectivity index (χ1v) is 10.8. The quantitative estimate of drug-likeness (QED) is 0.224. The topological polar surface area (TPSA) is 90.3 Å². The van der Waals surface area contributed by atoms with Crippen LogP contribution in [0.25, 0.3) is 11.1 Å². The van der Waals surface area contributed by atoms with Crippen molar-refractivity contribution < 1.29 is 18.7 Å². The standard InChI is InChI=1S/C26H19ClFN3O4/c1-31-14-18(12-20(25(31)33)19-11-17(27)7-8-22(19)28)30-23-9-10-29-13-21(23)24(32)26(34)35-15-16-5-3-2-4-6-16/h2-14H,15H2,1H3,(H,29,30). The summed E-state index contributed by atoms with van der Waals surface area (Å²) in [4.78, 5) is 41.8. The maximum absolute atomic E-state index is 14.4. The molecule has 0 saturated carbocycles. The van der Waals surface area contributed by atoms with Crippen LogP contribution in [-0.4, -0.2) is 21.3 Å². The molecule has 4 rings (SSSR count). The van der Waals surface area contributed by atoms with E-state index in [9.17, 15) is 18.8 Å². The Morgan fingerprint density at radius 3 is 2.63 bits per heavy atom. The molecular weight excluding hydrogens is 473 g/mol. The summed E-state index contributed by atoms with van der Waals surface area (Å²) in [5, 5.41) is 3.29. The average molecular weight is 492 g/mol. The van der Waals surface area contributed by atoms with Crippen LogP contribution >= 0.6 is 11.6 Å². The fourth-order valence-corrected chi connectivity index (χ4v) is 3.59. The number of nitrogens with zero attached hydrogens (tertiary/aromatic N) is 2. The molecule has 9 heteroatoms. The van der Waals surface area contributed by atoms with E-state index >= 15 is 0 Å². The number of nitrogens with one attached hydrogen (secondary N) is 1. The average Bonchev–Trinajstić information content (AvgIpc) is 2.86. The van der Waals surface area contributed by atoms with Gasteiger partial charge in [0.25, 0.3) is 11.3 Å². The monoisotopic (exact) mass is 491 g/mol. The van der Waals surface area contributed by atoms with Gasteiger partial charge >= 0.3 is 5.97 Å². The Labute approximate surface area is 204 Å². The van der Waals surface area contributed by atoms with E-state index in [2.05, 4.69) is 10.3 Å². The number of Topliss-reactive ketones (excluding diaryl/α,β-unsaturated/α-hetero) is 1. The third-order valence-corrected chi connectivity index (χ3v) is 5.38. The minimum Gasteiger partial charge on any atom is -0.455 e. The van der Waals surface area contributed by atoms with Gasteiger partial charge in [-0.1, -0.05) is 41.9 Å². The molecule has 2 aromatic carbocycles. The summed E-state index contributed by atoms with van der Waals surface area (Å²) in [6.07, 6.45) is 4.17. The fraction of sp³-hybridized carbons (Fsp3) is 0.0769. The maximum Gasteiger partial charge on any atom is 0.380 e. The predicted octanol–water partition coefficient (Wildman–Crippen LogP) is 4.91. The second-order valence-electron chi connectivity index (χ2n) is 7.62. The number of rotatable bonds is 7. The summed E-state index contributed by atoms with van der Waals surface area (Å²) in [5.41, 5.74) is 1.03. The van der Waals surface area contributed by atoms with Gasteiger partial charge in [-0.15, -0.1) is 0 Å². The van der Waals surface area contributed by atoms with Crippen molar-refractivity contribution in [2.24, 2.45) is 7.05 Å². The second-order valence-corrected chi connectivity index (χ2v) is 8.06. The summed E-state index contributed by atoms with van der Waals surface area (Å²) < 4.78 is 20.9. The number of aryl methyl sites for hydroxylation is 1. The van der Waals surface area contributed by atoms with Crippen molar-refractivity contribution in [1.82, 2.24) is 9.55 Å². The van der Waals surface area contributed by atoms with Gasteiger partial charge in [-0.3, -0.25) is 14.6 Å². The highest BCUT2D eigenvalue weighted by atomic mass is 35.5. The molecule has 7 nitrogen and oxygen atoms in total. The molecular formula is C26H19ClFN3O4. The molecule has 0 aliphatic rings. The molecule has 0 spiro atoms. The summed E-state index contributed by atoms with van der Waals surface area (Å²) in [7, 11) is 1.51. The molecule has 0 bridgehead atoms. The van der Waals surface area contributed by atoms with Gasteiger partial charge in [0.1, 0.15) is 12.4 Å². The minimum absolute atomic E-state index is 0.0186. The Morgan fingerprint density at radius 2 is 1.86 bits per heavy atom. The first-order valence-electron chi connectivity index (χ1n) is 10.5. The number of hydrogen-bond donors (Lipinski definition) is 1. The van der Waals surface area contributed by atoms with E-state index in [1.165, 1.54) is 60.5 Å². The van der Waals surface area contributed by atoms with Crippen LogP contribution in [0.2, 0.25) is 5.02 Å². The van der Waals surface area contributed by atoms with Crippen LogP contribution in [0, 0.1) is 5.82 Å². The first kappa shape index (κ1) is 23.8. The summed E-state index contributed by atoms with van der Waals surface area (Å²) >= 11 is 6.00. The van der Waals surface area contributed by atoms with Gasteiger partial charge in [0.15, 0.2) is 0 Å². The van der Waals surface area contributed by atoms with E-state index in [1.54, 1.807) is 24.3 Å². The number of hydrogen-bond acceptors (Lipinski definition) is 6. The smallest absolute Gasteiger partial charge is 0.380 e. The van der Waals surface area contributed by atoms with E-state index < -0.39 is 23.1 Å². The molecule has 0 unspecified atom stereocenters. The Kier molecular flexibility index (Phi) is 7.03. The van der Waals surface area contributed by atoms with Gasteiger partial charge in [-0.2, -0.15) is 0 Å². The van der Waals surface area contributed by atoms with Crippen molar-refractivity contribution in [2.75, 3.05) is 5.32 Å². The van der Waals surface area contributed by atoms with Crippen LogP contribution in [0.5, 0.6) is 0 Å². The van der Waals surface area contributed by atoms with Crippen molar-refractivity contribution in [2.45, 2.75) is 6.61 Å². The number of ketones is 1. The van der Waals surface area contributed by atoms with Gasteiger partial charge in [-0.05, 0) is 35.9 Å². The number of carbonyl (C=O) groups is 2. The Bertz CT molecular complexity index is 1470. The van der Waals surface area contributed by atoms with Gasteiger partial charge in [0.2, 0.25) is 0 Å². The molecule has 35 heavy (non-hydrogen) atoms. The zero-order valence-electron chi connectivity index (χ0n) is 18.5. The van der Waals surface area contributed by atoms with Crippen LogP contribution in [0.4, 0.5) is 15.8 Å². The Hall–Kier alpha value is -4.30. The van der Waals surface area contributed by atoms with Crippen LogP contribution < -0.4 is 10.9 Å². The van der Waals surface area contributed by atoms with E-state index in [0.717, 1.165) is 5.56 Å². The number of carbonyl (C=O) groups excluding carboxylic acids is 2. The first-order chi connectivity index (χ1) is 16.8. The fourth-order valence-electron chi connectivity index (χ4n) is 3.42. The molecule has 0 saturated heterocycles. The van der Waals surface area contributed by atoms with Crippen molar-refractivity contribution in [3.8, 4) is 11.1 Å². The maximum atomic E-state index is 14.4. The van der Waals surface area contributed by atoms with Gasteiger partial charge < -0.3 is 14.6 Å². The molecule has 0 radical (unpaired) electrons. The van der Waals surface area contributed by atoms with Gasteiger partial charge in [-0.25, -0.2) is 9.18 Å². The number of halogens is 2. The molecule has 2 aromatic heterocycles. The zero-order chi connectivity index (χ0) is 24.9. The number of ether oxygens (including phenoxy) is 1. The molecule has 0 aliphatic heterocycles. The number of benzene rings is 2.